The van der Waals surface area contributed by atoms with E-state index in [4.69, 9.17) is 11.5 Å². The van der Waals surface area contributed by atoms with Crippen molar-refractivity contribution >= 4 is 32.9 Å². The first-order valence-electron chi connectivity index (χ1n) is 5.79. The van der Waals surface area contributed by atoms with Crippen LogP contribution < -0.4 is 16.8 Å². The lowest BCUT2D eigenvalue weighted by molar-refractivity contribution is 0.248. The molecule has 2 rings (SSSR count). The van der Waals surface area contributed by atoms with Crippen LogP contribution in [-0.2, 0) is 16.4 Å². The van der Waals surface area contributed by atoms with Gasteiger partial charge in [-0.3, -0.25) is 0 Å². The Balaban J connectivity index is 2.47. The summed E-state index contributed by atoms with van der Waals surface area (Å²) >= 11 is 0. The number of nitrogen functional groups attached to an aromatic ring is 1. The molecule has 0 unspecified atom stereocenters. The van der Waals surface area contributed by atoms with Crippen LogP contribution in [0.1, 0.15) is 0 Å². The molecule has 0 bridgehead atoms. The number of amides is 2. The number of nitrogens with one attached hydrogen (secondary N) is 1. The van der Waals surface area contributed by atoms with Gasteiger partial charge in [0.1, 0.15) is 5.52 Å². The number of hydrogen-bond donors (Lipinski definition) is 3. The number of aromatic nitrogens is 2. The van der Waals surface area contributed by atoms with E-state index >= 15 is 0 Å². The third-order valence-corrected chi connectivity index (χ3v) is 3.93. The number of urea groups is 1. The molecule has 20 heavy (non-hydrogen) atoms. The lowest BCUT2D eigenvalue weighted by Gasteiger charge is -2.07. The number of nitrogens with zero attached hydrogens (tertiary/aromatic N) is 2. The van der Waals surface area contributed by atoms with Gasteiger partial charge < -0.3 is 21.4 Å². The molecule has 1 heterocycles. The van der Waals surface area contributed by atoms with Gasteiger partial charge in [0, 0.05) is 19.3 Å². The molecular weight excluding hydrogens is 282 g/mol. The number of hydrogen-bond acceptors (Lipinski definition) is 5. The molecule has 0 spiro atoms. The van der Waals surface area contributed by atoms with Gasteiger partial charge in [0.2, 0.25) is 5.95 Å². The fourth-order valence-electron chi connectivity index (χ4n) is 1.96. The Morgan fingerprint density at radius 3 is 2.75 bits per heavy atom. The number of fused-ring (bicyclic) bond motifs is 1. The largest absolute Gasteiger partial charge is 0.369 e. The van der Waals surface area contributed by atoms with Crippen molar-refractivity contribution in [2.45, 2.75) is 11.4 Å². The Labute approximate surface area is 115 Å². The number of benzene rings is 1. The average molecular weight is 297 g/mol. The van der Waals surface area contributed by atoms with Crippen molar-refractivity contribution in [3.8, 4) is 0 Å². The van der Waals surface area contributed by atoms with Crippen molar-refractivity contribution in [2.75, 3.05) is 18.5 Å². The van der Waals surface area contributed by atoms with Crippen molar-refractivity contribution in [1.29, 1.82) is 0 Å². The van der Waals surface area contributed by atoms with Crippen LogP contribution in [0.4, 0.5) is 10.7 Å². The number of primary amides is 1. The summed E-state index contributed by atoms with van der Waals surface area (Å²) in [7, 11) is -3.39. The normalized spacial score (nSPS) is 11.7. The maximum atomic E-state index is 11.7. The van der Waals surface area contributed by atoms with Crippen molar-refractivity contribution in [3.05, 3.63) is 18.2 Å². The van der Waals surface area contributed by atoms with Gasteiger partial charge in [-0.15, -0.1) is 0 Å². The number of imidazole rings is 1. The molecule has 8 nitrogen and oxygen atoms in total. The predicted molar refractivity (Wildman–Crippen MR) is 74.8 cm³/mol. The quantitative estimate of drug-likeness (QED) is 0.712. The molecule has 0 aliphatic rings. The highest BCUT2D eigenvalue weighted by Gasteiger charge is 2.17. The number of nitrogens with two attached hydrogens (primary N) is 2. The van der Waals surface area contributed by atoms with Gasteiger partial charge in [-0.25, -0.2) is 18.2 Å². The van der Waals surface area contributed by atoms with E-state index in [1.807, 2.05) is 0 Å². The Hall–Kier alpha value is -2.29. The fourth-order valence-corrected chi connectivity index (χ4v) is 2.79. The second-order valence-electron chi connectivity index (χ2n) is 4.31. The highest BCUT2D eigenvalue weighted by Crippen LogP contribution is 2.24. The molecule has 1 aromatic heterocycles. The molecular formula is C11H15N5O3S. The zero-order valence-electron chi connectivity index (χ0n) is 10.8. The molecule has 0 aliphatic carbocycles. The van der Waals surface area contributed by atoms with E-state index in [0.717, 1.165) is 6.26 Å². The highest BCUT2D eigenvalue weighted by molar-refractivity contribution is 7.91. The first-order chi connectivity index (χ1) is 9.30. The molecule has 1 aromatic carbocycles. The minimum Gasteiger partial charge on any atom is -0.369 e. The Kier molecular flexibility index (Phi) is 3.53. The van der Waals surface area contributed by atoms with Crippen molar-refractivity contribution in [2.24, 2.45) is 5.73 Å². The standard InChI is InChI=1S/C11H15N5O3S/c1-20(18,19)8-4-2-3-7-9(8)15-10(12)16(7)6-5-14-11(13)17/h2-4H,5-6H2,1H3,(H2,12,15)(H3,13,14,17). The summed E-state index contributed by atoms with van der Waals surface area (Å²) in [6.07, 6.45) is 1.12. The maximum Gasteiger partial charge on any atom is 0.312 e. The summed E-state index contributed by atoms with van der Waals surface area (Å²) in [5.41, 5.74) is 11.7. The van der Waals surface area contributed by atoms with E-state index in [2.05, 4.69) is 10.3 Å². The van der Waals surface area contributed by atoms with Crippen molar-refractivity contribution in [3.63, 3.8) is 0 Å². The number of para-hydroxylation sites is 1. The highest BCUT2D eigenvalue weighted by atomic mass is 32.2. The van der Waals surface area contributed by atoms with Crippen LogP contribution in [0.5, 0.6) is 0 Å². The Bertz CT molecular complexity index is 766. The molecule has 5 N–H and O–H groups in total. The van der Waals surface area contributed by atoms with Gasteiger partial charge in [-0.1, -0.05) is 6.07 Å². The number of carbonyl (C=O) groups is 1. The van der Waals surface area contributed by atoms with Crippen LogP contribution in [0.3, 0.4) is 0 Å². The van der Waals surface area contributed by atoms with E-state index in [-0.39, 0.29) is 17.4 Å². The molecule has 2 aromatic rings. The van der Waals surface area contributed by atoms with Crippen LogP contribution in [0.25, 0.3) is 11.0 Å². The minimum absolute atomic E-state index is 0.128. The van der Waals surface area contributed by atoms with E-state index in [1.165, 1.54) is 6.07 Å². The van der Waals surface area contributed by atoms with E-state index < -0.39 is 15.9 Å². The molecule has 9 heteroatoms. The van der Waals surface area contributed by atoms with Gasteiger partial charge in [0.15, 0.2) is 9.84 Å². The van der Waals surface area contributed by atoms with Crippen LogP contribution in [0, 0.1) is 0 Å². The maximum absolute atomic E-state index is 11.7. The first-order valence-corrected chi connectivity index (χ1v) is 7.68. The molecule has 0 atom stereocenters. The zero-order valence-corrected chi connectivity index (χ0v) is 11.6. The summed E-state index contributed by atoms with van der Waals surface area (Å²) in [5, 5.41) is 2.44. The fraction of sp³-hybridized carbons (Fsp3) is 0.273. The zero-order chi connectivity index (χ0) is 14.9. The molecule has 0 radical (unpaired) electrons. The summed E-state index contributed by atoms with van der Waals surface area (Å²) in [5.74, 6) is 0.183. The van der Waals surface area contributed by atoms with Gasteiger partial charge in [0.05, 0.1) is 10.4 Å². The smallest absolute Gasteiger partial charge is 0.312 e. The Morgan fingerprint density at radius 2 is 2.15 bits per heavy atom. The van der Waals surface area contributed by atoms with Crippen LogP contribution in [0.2, 0.25) is 0 Å². The van der Waals surface area contributed by atoms with E-state index in [0.29, 0.717) is 17.6 Å². The SMILES string of the molecule is CS(=O)(=O)c1cccc2c1nc(N)n2CCNC(N)=O. The van der Waals surface area contributed by atoms with Gasteiger partial charge in [-0.05, 0) is 12.1 Å². The molecule has 0 saturated heterocycles. The van der Waals surface area contributed by atoms with Gasteiger partial charge in [-0.2, -0.15) is 0 Å². The van der Waals surface area contributed by atoms with Crippen LogP contribution in [0.15, 0.2) is 23.1 Å². The predicted octanol–water partition coefficient (Wildman–Crippen LogP) is -0.310. The summed E-state index contributed by atoms with van der Waals surface area (Å²) in [6, 6.07) is 4.19. The topological polar surface area (TPSA) is 133 Å². The average Bonchev–Trinajstić information content (AvgIpc) is 2.64. The lowest BCUT2D eigenvalue weighted by atomic mass is 10.3. The molecule has 2 amide bonds. The van der Waals surface area contributed by atoms with Gasteiger partial charge in [0.25, 0.3) is 0 Å². The summed E-state index contributed by atoms with van der Waals surface area (Å²) in [6.45, 7) is 0.618. The summed E-state index contributed by atoms with van der Waals surface area (Å²) in [4.78, 5) is 14.9. The first kappa shape index (κ1) is 14.1. The van der Waals surface area contributed by atoms with Crippen molar-refractivity contribution < 1.29 is 13.2 Å². The third-order valence-electron chi connectivity index (χ3n) is 2.81. The van der Waals surface area contributed by atoms with E-state index in [9.17, 15) is 13.2 Å². The van der Waals surface area contributed by atoms with Crippen LogP contribution in [-0.4, -0.2) is 36.8 Å². The van der Waals surface area contributed by atoms with Crippen molar-refractivity contribution in [1.82, 2.24) is 14.9 Å². The number of rotatable bonds is 4. The summed E-state index contributed by atoms with van der Waals surface area (Å²) < 4.78 is 25.0. The van der Waals surface area contributed by atoms with Crippen LogP contribution >= 0.6 is 0 Å². The second-order valence-corrected chi connectivity index (χ2v) is 6.29. The third kappa shape index (κ3) is 2.67. The molecule has 0 saturated carbocycles. The molecule has 0 fully saturated rings. The number of carbonyl (C=O) groups excluding carboxylic acids is 1. The second kappa shape index (κ2) is 5.00. The van der Waals surface area contributed by atoms with Gasteiger partial charge >= 0.3 is 6.03 Å². The number of anilines is 1. The van der Waals surface area contributed by atoms with E-state index in [1.54, 1.807) is 16.7 Å². The minimum atomic E-state index is -3.39. The molecule has 108 valence electrons. The monoisotopic (exact) mass is 297 g/mol. The number of sulfone groups is 1. The Morgan fingerprint density at radius 1 is 1.45 bits per heavy atom. The lowest BCUT2D eigenvalue weighted by Crippen LogP contribution is -2.32. The molecule has 0 aliphatic heterocycles.